The molecule has 0 aromatic heterocycles. The molecule has 0 spiro atoms. The van der Waals surface area contributed by atoms with Gasteiger partial charge in [-0.2, -0.15) is 0 Å². The Morgan fingerprint density at radius 3 is 2.43 bits per heavy atom. The Morgan fingerprint density at radius 2 is 1.83 bits per heavy atom. The number of carbonyl (C=O) groups is 1. The Balaban J connectivity index is 2.13. The molecule has 2 rings (SSSR count). The highest BCUT2D eigenvalue weighted by Crippen LogP contribution is 2.27. The Bertz CT molecular complexity index is 699. The van der Waals surface area contributed by atoms with Gasteiger partial charge in [-0.05, 0) is 47.5 Å². The van der Waals surface area contributed by atoms with E-state index >= 15 is 0 Å². The summed E-state index contributed by atoms with van der Waals surface area (Å²) in [4.78, 5) is 12.1. The van der Waals surface area contributed by atoms with Gasteiger partial charge >= 0.3 is 0 Å². The van der Waals surface area contributed by atoms with Crippen molar-refractivity contribution in [2.75, 3.05) is 5.32 Å². The summed E-state index contributed by atoms with van der Waals surface area (Å²) in [5.41, 5.74) is 9.45. The molecule has 120 valence electrons. The van der Waals surface area contributed by atoms with Crippen molar-refractivity contribution in [2.45, 2.75) is 26.3 Å². The van der Waals surface area contributed by atoms with Gasteiger partial charge in [-0.15, -0.1) is 0 Å². The molecule has 23 heavy (non-hydrogen) atoms. The topological polar surface area (TPSA) is 67.2 Å². The predicted octanol–water partition coefficient (Wildman–Crippen LogP) is 3.40. The zero-order valence-corrected chi connectivity index (χ0v) is 14.1. The molecule has 0 bridgehead atoms. The fraction of sp³-hybridized carbons (Fsp3) is 0.222. The molecule has 0 aliphatic rings. The van der Waals surface area contributed by atoms with Gasteiger partial charge in [-0.1, -0.05) is 44.2 Å². The summed E-state index contributed by atoms with van der Waals surface area (Å²) in [7, 11) is 0. The van der Waals surface area contributed by atoms with Crippen LogP contribution in [0.2, 0.25) is 0 Å². The molecule has 5 heteroatoms. The Morgan fingerprint density at radius 1 is 1.13 bits per heavy atom. The number of nitrogens with one attached hydrogen (secondary N) is 2. The average molecular weight is 327 g/mol. The van der Waals surface area contributed by atoms with Crippen molar-refractivity contribution in [3.05, 3.63) is 65.2 Å². The van der Waals surface area contributed by atoms with E-state index < -0.39 is 0 Å². The van der Waals surface area contributed by atoms with Crippen LogP contribution >= 0.6 is 12.2 Å². The van der Waals surface area contributed by atoms with Gasteiger partial charge in [-0.3, -0.25) is 10.1 Å². The minimum Gasteiger partial charge on any atom is -0.332 e. The normalized spacial score (nSPS) is 10.4. The van der Waals surface area contributed by atoms with Gasteiger partial charge in [-0.25, -0.2) is 0 Å². The van der Waals surface area contributed by atoms with Crippen LogP contribution < -0.4 is 16.4 Å². The van der Waals surface area contributed by atoms with Gasteiger partial charge in [0, 0.05) is 17.8 Å². The molecule has 0 aliphatic carbocycles. The summed E-state index contributed by atoms with van der Waals surface area (Å²) >= 11 is 5.26. The molecular weight excluding hydrogens is 306 g/mol. The van der Waals surface area contributed by atoms with Crippen molar-refractivity contribution in [1.82, 2.24) is 5.32 Å². The molecule has 2 aromatic rings. The molecule has 4 N–H and O–H groups in total. The van der Waals surface area contributed by atoms with Gasteiger partial charge in [0.05, 0.1) is 0 Å². The highest BCUT2D eigenvalue weighted by atomic mass is 32.1. The second-order valence-corrected chi connectivity index (χ2v) is 5.92. The lowest BCUT2D eigenvalue weighted by atomic mass is 9.95. The number of rotatable bonds is 4. The molecule has 4 nitrogen and oxygen atoms in total. The maximum Gasteiger partial charge on any atom is 0.257 e. The van der Waals surface area contributed by atoms with Crippen LogP contribution in [0.3, 0.4) is 0 Å². The highest BCUT2D eigenvalue weighted by molar-refractivity contribution is 7.80. The van der Waals surface area contributed by atoms with E-state index in [0.29, 0.717) is 18.0 Å². The fourth-order valence-corrected chi connectivity index (χ4v) is 2.70. The SMILES string of the molecule is CC(C)c1c(CN)cccc1NC(=S)NC(=O)c1ccccc1. The largest absolute Gasteiger partial charge is 0.332 e. The lowest BCUT2D eigenvalue weighted by molar-refractivity contribution is 0.0977. The first-order valence-corrected chi connectivity index (χ1v) is 7.93. The van der Waals surface area contributed by atoms with Crippen molar-refractivity contribution in [3.8, 4) is 0 Å². The Labute approximate surface area is 142 Å². The van der Waals surface area contributed by atoms with Crippen LogP contribution in [0, 0.1) is 0 Å². The van der Waals surface area contributed by atoms with Crippen LogP contribution in [0.25, 0.3) is 0 Å². The number of hydrogen-bond acceptors (Lipinski definition) is 3. The van der Waals surface area contributed by atoms with E-state index in [1.807, 2.05) is 36.4 Å². The number of carbonyl (C=O) groups excluding carboxylic acids is 1. The lowest BCUT2D eigenvalue weighted by Crippen LogP contribution is -2.34. The minimum atomic E-state index is -0.232. The molecule has 0 saturated heterocycles. The van der Waals surface area contributed by atoms with E-state index in [1.165, 1.54) is 0 Å². The van der Waals surface area contributed by atoms with Crippen LogP contribution in [0.5, 0.6) is 0 Å². The molecular formula is C18H21N3OS. The first kappa shape index (κ1) is 17.1. The third-order valence-electron chi connectivity index (χ3n) is 3.50. The third-order valence-corrected chi connectivity index (χ3v) is 3.71. The number of amides is 1. The van der Waals surface area contributed by atoms with E-state index in [-0.39, 0.29) is 11.0 Å². The summed E-state index contributed by atoms with van der Waals surface area (Å²) in [5, 5.41) is 6.08. The minimum absolute atomic E-state index is 0.232. The number of thiocarbonyl (C=S) groups is 1. The molecule has 0 aliphatic heterocycles. The van der Waals surface area contributed by atoms with Gasteiger partial charge in [0.1, 0.15) is 0 Å². The van der Waals surface area contributed by atoms with Gasteiger partial charge in [0.2, 0.25) is 0 Å². The number of hydrogen-bond donors (Lipinski definition) is 3. The van der Waals surface area contributed by atoms with Crippen molar-refractivity contribution < 1.29 is 4.79 Å². The summed E-state index contributed by atoms with van der Waals surface area (Å²) in [5.74, 6) is 0.0639. The van der Waals surface area contributed by atoms with Crippen LogP contribution in [0.1, 0.15) is 41.3 Å². The third kappa shape index (κ3) is 4.37. The second-order valence-electron chi connectivity index (χ2n) is 5.51. The van der Waals surface area contributed by atoms with Crippen molar-refractivity contribution >= 4 is 28.9 Å². The molecule has 0 atom stereocenters. The zero-order chi connectivity index (χ0) is 16.8. The van der Waals surface area contributed by atoms with E-state index in [1.54, 1.807) is 12.1 Å². The van der Waals surface area contributed by atoms with Crippen LogP contribution in [0.4, 0.5) is 5.69 Å². The van der Waals surface area contributed by atoms with E-state index in [2.05, 4.69) is 24.5 Å². The van der Waals surface area contributed by atoms with Gasteiger partial charge < -0.3 is 11.1 Å². The summed E-state index contributed by atoms with van der Waals surface area (Å²) in [6.45, 7) is 4.67. The van der Waals surface area contributed by atoms with Crippen molar-refractivity contribution in [3.63, 3.8) is 0 Å². The van der Waals surface area contributed by atoms with E-state index in [9.17, 15) is 4.79 Å². The van der Waals surface area contributed by atoms with Crippen molar-refractivity contribution in [1.29, 1.82) is 0 Å². The second kappa shape index (κ2) is 7.85. The molecule has 0 unspecified atom stereocenters. The van der Waals surface area contributed by atoms with Crippen LogP contribution in [-0.4, -0.2) is 11.0 Å². The van der Waals surface area contributed by atoms with Crippen LogP contribution in [0.15, 0.2) is 48.5 Å². The number of benzene rings is 2. The van der Waals surface area contributed by atoms with Crippen LogP contribution in [-0.2, 0) is 6.54 Å². The van der Waals surface area contributed by atoms with E-state index in [4.69, 9.17) is 18.0 Å². The summed E-state index contributed by atoms with van der Waals surface area (Å²) in [6, 6.07) is 14.8. The molecule has 1 amide bonds. The smallest absolute Gasteiger partial charge is 0.257 e. The van der Waals surface area contributed by atoms with Gasteiger partial charge in [0.15, 0.2) is 5.11 Å². The molecule has 2 aromatic carbocycles. The standard InChI is InChI=1S/C18H21N3OS/c1-12(2)16-14(11-19)9-6-10-15(16)20-18(23)21-17(22)13-7-4-3-5-8-13/h3-10,12H,11,19H2,1-2H3,(H2,20,21,22,23). The first-order chi connectivity index (χ1) is 11.0. The van der Waals surface area contributed by atoms with E-state index in [0.717, 1.165) is 16.8 Å². The zero-order valence-electron chi connectivity index (χ0n) is 13.3. The summed E-state index contributed by atoms with van der Waals surface area (Å²) < 4.78 is 0. The van der Waals surface area contributed by atoms with Gasteiger partial charge in [0.25, 0.3) is 5.91 Å². The molecule has 0 heterocycles. The molecule has 0 saturated carbocycles. The lowest BCUT2D eigenvalue weighted by Gasteiger charge is -2.19. The predicted molar refractivity (Wildman–Crippen MR) is 98.6 cm³/mol. The quantitative estimate of drug-likeness (QED) is 0.753. The number of anilines is 1. The maximum atomic E-state index is 12.1. The monoisotopic (exact) mass is 327 g/mol. The summed E-state index contributed by atoms with van der Waals surface area (Å²) in [6.07, 6.45) is 0. The first-order valence-electron chi connectivity index (χ1n) is 7.52. The Hall–Kier alpha value is -2.24. The highest BCUT2D eigenvalue weighted by Gasteiger charge is 2.13. The number of nitrogens with two attached hydrogens (primary N) is 1. The molecule has 0 fully saturated rings. The molecule has 0 radical (unpaired) electrons. The fourth-order valence-electron chi connectivity index (χ4n) is 2.50. The van der Waals surface area contributed by atoms with Crippen molar-refractivity contribution in [2.24, 2.45) is 5.73 Å². The average Bonchev–Trinajstić information content (AvgIpc) is 2.54. The maximum absolute atomic E-state index is 12.1. The Kier molecular flexibility index (Phi) is 5.84.